The summed E-state index contributed by atoms with van der Waals surface area (Å²) >= 11 is 0. The first kappa shape index (κ1) is 25.1. The molecule has 188 valence electrons. The Bertz CT molecular complexity index is 1190. The van der Waals surface area contributed by atoms with Crippen LogP contribution in [-0.2, 0) is 11.2 Å². The van der Waals surface area contributed by atoms with Crippen molar-refractivity contribution in [2.75, 3.05) is 12.4 Å². The standard InChI is InChI=1S/C29H39N3O3/c1-18(2)20-7-10-22(11-8-20)30-28-31-24-14-21(9-12-27(33)34)26(35-6)15-25(24)32(28)23-13-19(3)16-29(4,5)17-23/h7-8,10-11,14-15,18-19,23H,9,12-13,16-17H2,1-6H3,(H,30,31)(H,33,34)/t19?,23-/m0/s1. The van der Waals surface area contributed by atoms with Gasteiger partial charge in [-0.25, -0.2) is 4.98 Å². The van der Waals surface area contributed by atoms with Gasteiger partial charge in [-0.1, -0.05) is 46.8 Å². The number of hydrogen-bond acceptors (Lipinski definition) is 4. The van der Waals surface area contributed by atoms with E-state index in [9.17, 15) is 9.90 Å². The van der Waals surface area contributed by atoms with Crippen LogP contribution in [0.15, 0.2) is 36.4 Å². The molecule has 3 aromatic rings. The minimum Gasteiger partial charge on any atom is -0.496 e. The van der Waals surface area contributed by atoms with Crippen molar-refractivity contribution < 1.29 is 14.6 Å². The van der Waals surface area contributed by atoms with Crippen molar-refractivity contribution in [2.45, 2.75) is 78.7 Å². The second kappa shape index (κ2) is 9.92. The number of carbonyl (C=O) groups is 1. The molecule has 0 spiro atoms. The summed E-state index contributed by atoms with van der Waals surface area (Å²) in [4.78, 5) is 16.2. The van der Waals surface area contributed by atoms with E-state index in [0.717, 1.165) is 46.8 Å². The van der Waals surface area contributed by atoms with Gasteiger partial charge in [0.25, 0.3) is 0 Å². The number of carboxylic acids is 1. The molecule has 0 bridgehead atoms. The first-order valence-corrected chi connectivity index (χ1v) is 12.7. The normalized spacial score (nSPS) is 19.7. The van der Waals surface area contributed by atoms with Crippen LogP contribution in [0.1, 0.15) is 83.4 Å². The average molecular weight is 478 g/mol. The molecule has 1 aliphatic rings. The summed E-state index contributed by atoms with van der Waals surface area (Å²) in [6.45, 7) is 11.5. The van der Waals surface area contributed by atoms with Crippen molar-refractivity contribution in [2.24, 2.45) is 11.3 Å². The number of imidazole rings is 1. The summed E-state index contributed by atoms with van der Waals surface area (Å²) in [7, 11) is 1.65. The lowest BCUT2D eigenvalue weighted by Gasteiger charge is -2.40. The number of hydrogen-bond donors (Lipinski definition) is 2. The molecule has 0 amide bonds. The van der Waals surface area contributed by atoms with E-state index in [2.05, 4.69) is 68.8 Å². The Labute approximate surface area is 208 Å². The van der Waals surface area contributed by atoms with Crippen molar-refractivity contribution in [3.8, 4) is 5.75 Å². The van der Waals surface area contributed by atoms with Gasteiger partial charge in [0.1, 0.15) is 5.75 Å². The van der Waals surface area contributed by atoms with Gasteiger partial charge < -0.3 is 19.7 Å². The van der Waals surface area contributed by atoms with E-state index in [0.29, 0.717) is 24.3 Å². The van der Waals surface area contributed by atoms with Crippen LogP contribution in [0, 0.1) is 11.3 Å². The molecule has 0 radical (unpaired) electrons. The molecular formula is C29H39N3O3. The molecule has 6 nitrogen and oxygen atoms in total. The van der Waals surface area contributed by atoms with Gasteiger partial charge >= 0.3 is 5.97 Å². The van der Waals surface area contributed by atoms with Gasteiger partial charge in [0, 0.05) is 24.2 Å². The summed E-state index contributed by atoms with van der Waals surface area (Å²) in [6.07, 6.45) is 3.86. The summed E-state index contributed by atoms with van der Waals surface area (Å²) in [6, 6.07) is 12.9. The molecule has 2 aromatic carbocycles. The van der Waals surface area contributed by atoms with Gasteiger partial charge in [0.05, 0.1) is 18.1 Å². The van der Waals surface area contributed by atoms with Crippen LogP contribution in [0.3, 0.4) is 0 Å². The van der Waals surface area contributed by atoms with Gasteiger partial charge in [-0.05, 0) is 72.3 Å². The Hall–Kier alpha value is -3.02. The van der Waals surface area contributed by atoms with E-state index in [1.54, 1.807) is 7.11 Å². The summed E-state index contributed by atoms with van der Waals surface area (Å²) in [5.74, 6) is 1.83. The number of aliphatic carboxylic acids is 1. The number of benzene rings is 2. The molecule has 35 heavy (non-hydrogen) atoms. The third-order valence-corrected chi connectivity index (χ3v) is 7.26. The first-order valence-electron chi connectivity index (χ1n) is 12.7. The Kier molecular flexibility index (Phi) is 7.11. The molecule has 0 aliphatic heterocycles. The van der Waals surface area contributed by atoms with Crippen LogP contribution in [0.5, 0.6) is 5.75 Å². The zero-order valence-corrected chi connectivity index (χ0v) is 21.9. The Balaban J connectivity index is 1.81. The van der Waals surface area contributed by atoms with Gasteiger partial charge in [-0.3, -0.25) is 4.79 Å². The number of carboxylic acid groups (broad SMARTS) is 1. The van der Waals surface area contributed by atoms with E-state index < -0.39 is 5.97 Å². The van der Waals surface area contributed by atoms with Crippen molar-refractivity contribution in [3.05, 3.63) is 47.5 Å². The van der Waals surface area contributed by atoms with E-state index in [-0.39, 0.29) is 11.8 Å². The molecule has 0 saturated heterocycles. The van der Waals surface area contributed by atoms with Gasteiger partial charge in [0.2, 0.25) is 5.95 Å². The van der Waals surface area contributed by atoms with Gasteiger partial charge in [-0.2, -0.15) is 0 Å². The number of nitrogens with one attached hydrogen (secondary N) is 1. The summed E-state index contributed by atoms with van der Waals surface area (Å²) < 4.78 is 8.05. The van der Waals surface area contributed by atoms with E-state index >= 15 is 0 Å². The summed E-state index contributed by atoms with van der Waals surface area (Å²) in [5.41, 5.74) is 5.32. The van der Waals surface area contributed by atoms with E-state index in [1.165, 1.54) is 12.0 Å². The number of methoxy groups -OCH3 is 1. The number of aromatic nitrogens is 2. The fourth-order valence-electron chi connectivity index (χ4n) is 5.82. The highest BCUT2D eigenvalue weighted by molar-refractivity contribution is 5.83. The lowest BCUT2D eigenvalue weighted by Crippen LogP contribution is -2.29. The van der Waals surface area contributed by atoms with Crippen LogP contribution >= 0.6 is 0 Å². The zero-order chi connectivity index (χ0) is 25.3. The lowest BCUT2D eigenvalue weighted by molar-refractivity contribution is -0.136. The molecule has 1 aliphatic carbocycles. The molecular weight excluding hydrogens is 438 g/mol. The lowest BCUT2D eigenvalue weighted by atomic mass is 9.70. The van der Waals surface area contributed by atoms with Crippen molar-refractivity contribution in [3.63, 3.8) is 0 Å². The number of fused-ring (bicyclic) bond motifs is 1. The number of aryl methyl sites for hydroxylation is 1. The van der Waals surface area contributed by atoms with Crippen LogP contribution in [0.2, 0.25) is 0 Å². The zero-order valence-electron chi connectivity index (χ0n) is 21.9. The highest BCUT2D eigenvalue weighted by Gasteiger charge is 2.35. The Morgan fingerprint density at radius 3 is 2.54 bits per heavy atom. The number of nitrogens with zero attached hydrogens (tertiary/aromatic N) is 2. The molecule has 1 aromatic heterocycles. The molecule has 1 fully saturated rings. The van der Waals surface area contributed by atoms with Crippen molar-refractivity contribution in [1.29, 1.82) is 0 Å². The Morgan fingerprint density at radius 2 is 1.94 bits per heavy atom. The third kappa shape index (κ3) is 5.63. The predicted molar refractivity (Wildman–Crippen MR) is 142 cm³/mol. The molecule has 1 heterocycles. The SMILES string of the molecule is COc1cc2c(cc1CCC(=O)O)nc(Nc1ccc(C(C)C)cc1)n2[C@H]1CC(C)CC(C)(C)C1. The smallest absolute Gasteiger partial charge is 0.303 e. The van der Waals surface area contributed by atoms with E-state index in [1.807, 2.05) is 12.1 Å². The fraction of sp³-hybridized carbons (Fsp3) is 0.517. The maximum absolute atomic E-state index is 11.2. The highest BCUT2D eigenvalue weighted by Crippen LogP contribution is 2.46. The third-order valence-electron chi connectivity index (χ3n) is 7.26. The van der Waals surface area contributed by atoms with Crippen LogP contribution in [-0.4, -0.2) is 27.7 Å². The fourth-order valence-corrected chi connectivity index (χ4v) is 5.82. The molecule has 6 heteroatoms. The minimum atomic E-state index is -0.816. The largest absolute Gasteiger partial charge is 0.496 e. The minimum absolute atomic E-state index is 0.0597. The van der Waals surface area contributed by atoms with E-state index in [4.69, 9.17) is 9.72 Å². The summed E-state index contributed by atoms with van der Waals surface area (Å²) in [5, 5.41) is 12.8. The number of rotatable bonds is 8. The number of ether oxygens (including phenoxy) is 1. The van der Waals surface area contributed by atoms with Crippen molar-refractivity contribution >= 4 is 28.6 Å². The highest BCUT2D eigenvalue weighted by atomic mass is 16.5. The molecule has 2 atom stereocenters. The van der Waals surface area contributed by atoms with Gasteiger partial charge in [-0.15, -0.1) is 0 Å². The molecule has 1 saturated carbocycles. The average Bonchev–Trinajstić information content (AvgIpc) is 3.12. The van der Waals surface area contributed by atoms with Crippen LogP contribution in [0.4, 0.5) is 11.6 Å². The van der Waals surface area contributed by atoms with Crippen LogP contribution in [0.25, 0.3) is 11.0 Å². The quantitative estimate of drug-likeness (QED) is 0.355. The maximum Gasteiger partial charge on any atom is 0.303 e. The second-order valence-corrected chi connectivity index (χ2v) is 11.3. The second-order valence-electron chi connectivity index (χ2n) is 11.3. The van der Waals surface area contributed by atoms with Crippen molar-refractivity contribution in [1.82, 2.24) is 9.55 Å². The monoisotopic (exact) mass is 477 g/mol. The molecule has 4 rings (SSSR count). The predicted octanol–water partition coefficient (Wildman–Crippen LogP) is 7.32. The topological polar surface area (TPSA) is 76.4 Å². The molecule has 1 unspecified atom stereocenters. The van der Waals surface area contributed by atoms with Gasteiger partial charge in [0.15, 0.2) is 0 Å². The van der Waals surface area contributed by atoms with Crippen LogP contribution < -0.4 is 10.1 Å². The Morgan fingerprint density at radius 1 is 1.23 bits per heavy atom. The number of anilines is 2. The first-order chi connectivity index (χ1) is 16.6. The molecule has 2 N–H and O–H groups in total. The maximum atomic E-state index is 11.2.